The summed E-state index contributed by atoms with van der Waals surface area (Å²) in [5.74, 6) is 0. The highest BCUT2D eigenvalue weighted by molar-refractivity contribution is 5.99. The molecular formula is C68H54N4. The third-order valence-corrected chi connectivity index (χ3v) is 13.3. The average molecular weight is 927 g/mol. The second-order valence-electron chi connectivity index (χ2n) is 17.8. The number of rotatable bonds is 15. The Bertz CT molecular complexity index is 3580. The molecule has 0 bridgehead atoms. The zero-order valence-electron chi connectivity index (χ0n) is 40.2. The first kappa shape index (κ1) is 45.1. The molecule has 0 saturated carbocycles. The van der Waals surface area contributed by atoms with Crippen molar-refractivity contribution in [2.24, 2.45) is 0 Å². The van der Waals surface area contributed by atoms with Crippen molar-refractivity contribution in [3.05, 3.63) is 304 Å². The number of nitrogens with zero attached hydrogens (tertiary/aromatic N) is 4. The van der Waals surface area contributed by atoms with E-state index < -0.39 is 0 Å². The number of anilines is 10. The van der Waals surface area contributed by atoms with E-state index in [1.807, 2.05) is 18.2 Å². The lowest BCUT2D eigenvalue weighted by molar-refractivity contribution is 0.998. The van der Waals surface area contributed by atoms with Crippen LogP contribution in [-0.4, -0.2) is 0 Å². The molecule has 1 aliphatic rings. The van der Waals surface area contributed by atoms with E-state index in [9.17, 15) is 0 Å². The lowest BCUT2D eigenvalue weighted by atomic mass is 10.0. The molecule has 11 rings (SSSR count). The van der Waals surface area contributed by atoms with Crippen molar-refractivity contribution in [1.29, 1.82) is 0 Å². The normalized spacial score (nSPS) is 12.3. The minimum atomic E-state index is 0.935. The largest absolute Gasteiger partial charge is 0.311 e. The highest BCUT2D eigenvalue weighted by Crippen LogP contribution is 2.43. The summed E-state index contributed by atoms with van der Waals surface area (Å²) in [6.45, 7) is 8.20. The first-order valence-electron chi connectivity index (χ1n) is 24.6. The molecule has 0 radical (unpaired) electrons. The predicted octanol–water partition coefficient (Wildman–Crippen LogP) is 19.4. The molecule has 0 spiro atoms. The second kappa shape index (κ2) is 20.7. The summed E-state index contributed by atoms with van der Waals surface area (Å²) in [6.07, 6.45) is 14.7. The van der Waals surface area contributed by atoms with Crippen LogP contribution < -0.4 is 19.6 Å². The SMILES string of the molecule is C=C/C=C(\C=C)N(c1ccc(N(c2ccccc2)c2ccc(-c3ccc(N(c4ccccc4)c4ccc(N(C5=CCCC=C5)c5cccc6ccccc56)cc4)cc3)cc2)cc1)c1cccc2ccccc12. The smallest absolute Gasteiger partial charge is 0.0540 e. The molecule has 4 nitrogen and oxygen atoms in total. The lowest BCUT2D eigenvalue weighted by Crippen LogP contribution is -2.17. The van der Waals surface area contributed by atoms with Crippen LogP contribution in [0.15, 0.2) is 304 Å². The third-order valence-electron chi connectivity index (χ3n) is 13.3. The fourth-order valence-electron chi connectivity index (χ4n) is 9.94. The molecule has 0 unspecified atom stereocenters. The van der Waals surface area contributed by atoms with Gasteiger partial charge in [-0.25, -0.2) is 0 Å². The Kier molecular flexibility index (Phi) is 13.0. The lowest BCUT2D eigenvalue weighted by Gasteiger charge is -2.30. The molecule has 0 aromatic heterocycles. The average Bonchev–Trinajstić information content (AvgIpc) is 3.45. The molecule has 0 amide bonds. The topological polar surface area (TPSA) is 13.0 Å². The molecule has 72 heavy (non-hydrogen) atoms. The zero-order valence-corrected chi connectivity index (χ0v) is 40.2. The van der Waals surface area contributed by atoms with Crippen LogP contribution in [0, 0.1) is 0 Å². The molecule has 0 saturated heterocycles. The second-order valence-corrected chi connectivity index (χ2v) is 17.8. The Hall–Kier alpha value is -9.38. The van der Waals surface area contributed by atoms with Gasteiger partial charge in [-0.2, -0.15) is 0 Å². The summed E-state index contributed by atoms with van der Waals surface area (Å²) in [4.78, 5) is 9.28. The quantitative estimate of drug-likeness (QED) is 0.0950. The molecule has 10 aromatic carbocycles. The van der Waals surface area contributed by atoms with Crippen molar-refractivity contribution < 1.29 is 0 Å². The van der Waals surface area contributed by atoms with Crippen molar-refractivity contribution in [3.8, 4) is 11.1 Å². The van der Waals surface area contributed by atoms with E-state index in [-0.39, 0.29) is 0 Å². The first-order chi connectivity index (χ1) is 35.6. The van der Waals surface area contributed by atoms with Crippen molar-refractivity contribution in [2.45, 2.75) is 12.8 Å². The van der Waals surface area contributed by atoms with Gasteiger partial charge in [0.1, 0.15) is 0 Å². The minimum absolute atomic E-state index is 0.935. The van der Waals surface area contributed by atoms with E-state index in [4.69, 9.17) is 0 Å². The molecule has 346 valence electrons. The van der Waals surface area contributed by atoms with Gasteiger partial charge in [0.25, 0.3) is 0 Å². The van der Waals surface area contributed by atoms with E-state index in [0.29, 0.717) is 0 Å². The molecule has 0 heterocycles. The zero-order chi connectivity index (χ0) is 48.6. The van der Waals surface area contributed by atoms with Crippen LogP contribution in [0.3, 0.4) is 0 Å². The molecule has 10 aromatic rings. The maximum Gasteiger partial charge on any atom is 0.0540 e. The number of fused-ring (bicyclic) bond motifs is 2. The molecular weight excluding hydrogens is 873 g/mol. The highest BCUT2D eigenvalue weighted by Gasteiger charge is 2.21. The molecule has 4 heteroatoms. The van der Waals surface area contributed by atoms with Crippen LogP contribution in [0.25, 0.3) is 32.7 Å². The van der Waals surface area contributed by atoms with Crippen molar-refractivity contribution in [1.82, 2.24) is 0 Å². The van der Waals surface area contributed by atoms with E-state index in [0.717, 1.165) is 86.2 Å². The standard InChI is InChI=1S/C68H54N4/c1-3-20-55(4-2)71(67-33-18-23-53-21-14-16-31-65(53)67)63-47-43-61(44-48-63)69(56-25-8-5-9-26-56)59-39-35-51(36-40-59)52-37-41-60(42-38-52)70(57-27-10-6-11-28-57)62-45-49-64(50-46-62)72(58-29-12-7-13-30-58)68-34-19-24-54-22-15-17-32-66(54)68/h3-6,8-12,14-50H,1-2,7,13H2/b55-20+. The Morgan fingerprint density at radius 1 is 0.361 bits per heavy atom. The molecule has 0 aliphatic heterocycles. The van der Waals surface area contributed by atoms with Gasteiger partial charge in [-0.05, 0) is 162 Å². The summed E-state index contributed by atoms with van der Waals surface area (Å²) in [6, 6.07) is 86.8. The van der Waals surface area contributed by atoms with Crippen molar-refractivity contribution in [3.63, 3.8) is 0 Å². The summed E-state index contributed by atoms with van der Waals surface area (Å²) in [5, 5.41) is 4.79. The summed E-state index contributed by atoms with van der Waals surface area (Å²) in [5.41, 5.74) is 15.2. The van der Waals surface area contributed by atoms with Gasteiger partial charge in [0.15, 0.2) is 0 Å². The van der Waals surface area contributed by atoms with E-state index in [1.165, 1.54) is 27.5 Å². The van der Waals surface area contributed by atoms with Crippen molar-refractivity contribution in [2.75, 3.05) is 19.6 Å². The van der Waals surface area contributed by atoms with E-state index in [2.05, 4.69) is 294 Å². The van der Waals surface area contributed by atoms with Gasteiger partial charge in [0.2, 0.25) is 0 Å². The number of hydrogen-bond acceptors (Lipinski definition) is 4. The van der Waals surface area contributed by atoms with Crippen LogP contribution in [0.2, 0.25) is 0 Å². The van der Waals surface area contributed by atoms with Gasteiger partial charge in [-0.1, -0.05) is 165 Å². The Labute approximate surface area is 423 Å². The van der Waals surface area contributed by atoms with Gasteiger partial charge >= 0.3 is 0 Å². The third kappa shape index (κ3) is 9.13. The van der Waals surface area contributed by atoms with Crippen LogP contribution in [0.4, 0.5) is 56.9 Å². The van der Waals surface area contributed by atoms with Gasteiger partial charge in [0, 0.05) is 67.7 Å². The minimum Gasteiger partial charge on any atom is -0.311 e. The van der Waals surface area contributed by atoms with Crippen LogP contribution in [0.1, 0.15) is 12.8 Å². The molecule has 0 fully saturated rings. The van der Waals surface area contributed by atoms with E-state index in [1.54, 1.807) is 0 Å². The number of benzene rings is 10. The summed E-state index contributed by atoms with van der Waals surface area (Å²) < 4.78 is 0. The maximum absolute atomic E-state index is 4.18. The van der Waals surface area contributed by atoms with Gasteiger partial charge < -0.3 is 19.6 Å². The maximum atomic E-state index is 4.18. The number of hydrogen-bond donors (Lipinski definition) is 0. The fourth-order valence-corrected chi connectivity index (χ4v) is 9.94. The number of para-hydroxylation sites is 2. The Morgan fingerprint density at radius 2 is 0.764 bits per heavy atom. The van der Waals surface area contributed by atoms with Gasteiger partial charge in [-0.15, -0.1) is 0 Å². The molecule has 0 N–H and O–H groups in total. The monoisotopic (exact) mass is 926 g/mol. The van der Waals surface area contributed by atoms with Crippen molar-refractivity contribution >= 4 is 78.4 Å². The van der Waals surface area contributed by atoms with Crippen LogP contribution in [0.5, 0.6) is 0 Å². The Morgan fingerprint density at radius 3 is 1.24 bits per heavy atom. The van der Waals surface area contributed by atoms with Crippen LogP contribution >= 0.6 is 0 Å². The fraction of sp³-hybridized carbons (Fsp3) is 0.0294. The number of allylic oxidation sites excluding steroid dienone is 6. The van der Waals surface area contributed by atoms with E-state index >= 15 is 0 Å². The van der Waals surface area contributed by atoms with Gasteiger partial charge in [-0.3, -0.25) is 0 Å². The highest BCUT2D eigenvalue weighted by atomic mass is 15.2. The summed E-state index contributed by atoms with van der Waals surface area (Å²) in [7, 11) is 0. The first-order valence-corrected chi connectivity index (χ1v) is 24.6. The predicted molar refractivity (Wildman–Crippen MR) is 308 cm³/mol. The molecule has 1 aliphatic carbocycles. The molecule has 0 atom stereocenters. The van der Waals surface area contributed by atoms with Gasteiger partial charge in [0.05, 0.1) is 11.4 Å². The van der Waals surface area contributed by atoms with Crippen LogP contribution in [-0.2, 0) is 0 Å². The summed E-state index contributed by atoms with van der Waals surface area (Å²) >= 11 is 0. The Balaban J connectivity index is 0.890.